The zero-order chi connectivity index (χ0) is 24.9. The van der Waals surface area contributed by atoms with Crippen LogP contribution in [0.2, 0.25) is 0 Å². The van der Waals surface area contributed by atoms with Crippen LogP contribution >= 0.6 is 0 Å². The lowest BCUT2D eigenvalue weighted by molar-refractivity contribution is -0.000305. The van der Waals surface area contributed by atoms with Crippen LogP contribution in [-0.4, -0.2) is 37.0 Å². The van der Waals surface area contributed by atoms with E-state index in [-0.39, 0.29) is 12.1 Å². The van der Waals surface area contributed by atoms with Gasteiger partial charge in [-0.15, -0.1) is 0 Å². The minimum absolute atomic E-state index is 0.0685. The molecule has 1 heterocycles. The fraction of sp³-hybridized carbons (Fsp3) is 0.600. The van der Waals surface area contributed by atoms with E-state index in [9.17, 15) is 5.02 Å². The van der Waals surface area contributed by atoms with E-state index in [1.165, 1.54) is 80.0 Å². The quantitative estimate of drug-likeness (QED) is 0.241. The van der Waals surface area contributed by atoms with Gasteiger partial charge in [0.15, 0.2) is 0 Å². The maximum Gasteiger partial charge on any atom is 0.636 e. The first kappa shape index (κ1) is 27.9. The van der Waals surface area contributed by atoms with Gasteiger partial charge in [0.05, 0.1) is 25.3 Å². The lowest BCUT2D eigenvalue weighted by atomic mass is 9.96. The summed E-state index contributed by atoms with van der Waals surface area (Å²) in [7, 11) is -1.18. The third-order valence-corrected chi connectivity index (χ3v) is 7.29. The molecule has 2 atom stereocenters. The number of unbranched alkanes of at least 4 members (excludes halogenated alkanes) is 9. The van der Waals surface area contributed by atoms with E-state index in [1.807, 2.05) is 0 Å². The zero-order valence-electron chi connectivity index (χ0n) is 22.3. The molecule has 0 bridgehead atoms. The highest BCUT2D eigenvalue weighted by Crippen LogP contribution is 2.34. The number of benzene rings is 2. The third-order valence-electron chi connectivity index (χ3n) is 7.29. The van der Waals surface area contributed by atoms with Gasteiger partial charge in [0, 0.05) is 0 Å². The third kappa shape index (κ3) is 9.38. The Balaban J connectivity index is 1.67. The SMILES string of the molecule is CCCCCCCCCCCCN1C(c2ccc(C)cc2)COB(O)OCC1c1ccc(C)cc1. The molecule has 0 aliphatic carbocycles. The van der Waals surface area contributed by atoms with Crippen molar-refractivity contribution in [2.24, 2.45) is 0 Å². The molecule has 3 rings (SSSR count). The first-order chi connectivity index (χ1) is 17.1. The molecule has 0 spiro atoms. The Morgan fingerprint density at radius 1 is 0.686 bits per heavy atom. The van der Waals surface area contributed by atoms with Crippen molar-refractivity contribution in [2.75, 3.05) is 19.8 Å². The highest BCUT2D eigenvalue weighted by molar-refractivity contribution is 6.34. The first-order valence-corrected chi connectivity index (χ1v) is 13.9. The van der Waals surface area contributed by atoms with Crippen molar-refractivity contribution in [2.45, 2.75) is 97.1 Å². The van der Waals surface area contributed by atoms with Gasteiger partial charge in [-0.1, -0.05) is 124 Å². The Morgan fingerprint density at radius 2 is 1.09 bits per heavy atom. The average molecular weight is 480 g/mol. The summed E-state index contributed by atoms with van der Waals surface area (Å²) in [6.07, 6.45) is 13.3. The molecular weight excluding hydrogens is 433 g/mol. The Kier molecular flexibility index (Phi) is 12.3. The monoisotopic (exact) mass is 479 g/mol. The van der Waals surface area contributed by atoms with Crippen LogP contribution in [0.5, 0.6) is 0 Å². The predicted molar refractivity (Wildman–Crippen MR) is 146 cm³/mol. The molecule has 5 heteroatoms. The summed E-state index contributed by atoms with van der Waals surface area (Å²) >= 11 is 0. The van der Waals surface area contributed by atoms with Gasteiger partial charge in [0.1, 0.15) is 0 Å². The van der Waals surface area contributed by atoms with E-state index in [2.05, 4.69) is 74.2 Å². The number of hydrogen-bond acceptors (Lipinski definition) is 4. The molecule has 1 aliphatic rings. The van der Waals surface area contributed by atoms with Gasteiger partial charge in [-0.25, -0.2) is 0 Å². The van der Waals surface area contributed by atoms with E-state index < -0.39 is 7.32 Å². The predicted octanol–water partition coefficient (Wildman–Crippen LogP) is 7.33. The summed E-state index contributed by atoms with van der Waals surface area (Å²) in [5, 5.41) is 10.2. The number of rotatable bonds is 13. The van der Waals surface area contributed by atoms with E-state index in [4.69, 9.17) is 9.31 Å². The number of hydrogen-bond donors (Lipinski definition) is 1. The van der Waals surface area contributed by atoms with E-state index in [0.29, 0.717) is 13.2 Å². The van der Waals surface area contributed by atoms with Crippen LogP contribution in [-0.2, 0) is 9.31 Å². The van der Waals surface area contributed by atoms with E-state index >= 15 is 0 Å². The van der Waals surface area contributed by atoms with Crippen LogP contribution in [0, 0.1) is 13.8 Å². The molecule has 2 aromatic carbocycles. The molecule has 1 N–H and O–H groups in total. The van der Waals surface area contributed by atoms with Crippen LogP contribution in [0.1, 0.15) is 105 Å². The molecule has 0 radical (unpaired) electrons. The molecule has 0 aromatic heterocycles. The van der Waals surface area contributed by atoms with Crippen LogP contribution in [0.4, 0.5) is 0 Å². The summed E-state index contributed by atoms with van der Waals surface area (Å²) in [4.78, 5) is 2.55. The van der Waals surface area contributed by atoms with Gasteiger partial charge in [-0.3, -0.25) is 4.90 Å². The van der Waals surface area contributed by atoms with Gasteiger partial charge in [-0.2, -0.15) is 0 Å². The Labute approximate surface area is 214 Å². The van der Waals surface area contributed by atoms with Gasteiger partial charge in [0.25, 0.3) is 0 Å². The number of aryl methyl sites for hydroxylation is 2. The lowest BCUT2D eigenvalue weighted by Gasteiger charge is -2.40. The molecule has 2 unspecified atom stereocenters. The second kappa shape index (κ2) is 15.5. The van der Waals surface area contributed by atoms with Crippen molar-refractivity contribution in [3.05, 3.63) is 70.8 Å². The molecule has 2 aromatic rings. The van der Waals surface area contributed by atoms with Crippen molar-refractivity contribution >= 4 is 7.32 Å². The Morgan fingerprint density at radius 3 is 1.51 bits per heavy atom. The number of nitrogens with zero attached hydrogens (tertiary/aromatic N) is 1. The topological polar surface area (TPSA) is 41.9 Å². The average Bonchev–Trinajstić information content (AvgIpc) is 2.85. The van der Waals surface area contributed by atoms with E-state index in [1.54, 1.807) is 0 Å². The Bertz CT molecular complexity index is 769. The first-order valence-electron chi connectivity index (χ1n) is 13.9. The van der Waals surface area contributed by atoms with Crippen LogP contribution in [0.15, 0.2) is 48.5 Å². The second-order valence-corrected chi connectivity index (χ2v) is 10.2. The zero-order valence-corrected chi connectivity index (χ0v) is 22.3. The molecule has 0 amide bonds. The van der Waals surface area contributed by atoms with Crippen molar-refractivity contribution in [1.82, 2.24) is 4.90 Å². The summed E-state index contributed by atoms with van der Waals surface area (Å²) < 4.78 is 11.4. The summed E-state index contributed by atoms with van der Waals surface area (Å²) in [5.74, 6) is 0. The van der Waals surface area contributed by atoms with Crippen LogP contribution in [0.25, 0.3) is 0 Å². The minimum atomic E-state index is -1.18. The van der Waals surface area contributed by atoms with Gasteiger partial charge in [0.2, 0.25) is 0 Å². The standard InChI is InChI=1S/C30H46BNO3/c1-4-5-6-7-8-9-10-11-12-13-22-32-29(27-18-14-25(2)15-19-27)23-34-31(33)35-24-30(32)28-20-16-26(3)17-21-28/h14-21,29-30,33H,4-13,22-24H2,1-3H3. The van der Waals surface area contributed by atoms with Gasteiger partial charge >= 0.3 is 7.32 Å². The molecule has 4 nitrogen and oxygen atoms in total. The van der Waals surface area contributed by atoms with Crippen molar-refractivity contribution < 1.29 is 14.3 Å². The normalized spacial score (nSPS) is 19.5. The van der Waals surface area contributed by atoms with Crippen LogP contribution < -0.4 is 0 Å². The molecule has 192 valence electrons. The highest BCUT2D eigenvalue weighted by Gasteiger charge is 2.34. The van der Waals surface area contributed by atoms with E-state index in [0.717, 1.165) is 13.0 Å². The molecular formula is C30H46BNO3. The highest BCUT2D eigenvalue weighted by atomic mass is 16.7. The summed E-state index contributed by atoms with van der Waals surface area (Å²) in [5.41, 5.74) is 4.96. The molecule has 1 fully saturated rings. The molecule has 35 heavy (non-hydrogen) atoms. The lowest BCUT2D eigenvalue weighted by Crippen LogP contribution is -2.43. The fourth-order valence-electron chi connectivity index (χ4n) is 5.05. The largest absolute Gasteiger partial charge is 0.636 e. The summed E-state index contributed by atoms with van der Waals surface area (Å²) in [6, 6.07) is 17.6. The molecule has 0 saturated carbocycles. The Hall–Kier alpha value is -1.66. The van der Waals surface area contributed by atoms with Crippen molar-refractivity contribution in [1.29, 1.82) is 0 Å². The second-order valence-electron chi connectivity index (χ2n) is 10.2. The molecule has 1 saturated heterocycles. The van der Waals surface area contributed by atoms with Gasteiger partial charge in [-0.05, 0) is 37.9 Å². The van der Waals surface area contributed by atoms with Crippen molar-refractivity contribution in [3.8, 4) is 0 Å². The summed E-state index contributed by atoms with van der Waals surface area (Å²) in [6.45, 7) is 8.31. The maximum absolute atomic E-state index is 10.2. The van der Waals surface area contributed by atoms with Crippen LogP contribution in [0.3, 0.4) is 0 Å². The molecule has 1 aliphatic heterocycles. The maximum atomic E-state index is 10.2. The fourth-order valence-corrected chi connectivity index (χ4v) is 5.05. The van der Waals surface area contributed by atoms with Crippen molar-refractivity contribution in [3.63, 3.8) is 0 Å². The van der Waals surface area contributed by atoms with Gasteiger partial charge < -0.3 is 14.3 Å². The minimum Gasteiger partial charge on any atom is -0.402 e. The smallest absolute Gasteiger partial charge is 0.402 e.